The van der Waals surface area contributed by atoms with Crippen molar-refractivity contribution in [2.45, 2.75) is 6.54 Å². The molecule has 0 radical (unpaired) electrons. The number of hydrogen-bond donors (Lipinski definition) is 1. The second-order valence-corrected chi connectivity index (χ2v) is 4.84. The first-order chi connectivity index (χ1) is 9.54. The molecule has 0 spiro atoms. The van der Waals surface area contributed by atoms with E-state index in [4.69, 9.17) is 4.74 Å². The third-order valence-corrected chi connectivity index (χ3v) is 2.88. The Hall–Kier alpha value is -1.66. The maximum atomic E-state index is 11.6. The molecule has 1 N–H and O–H groups in total. The summed E-state index contributed by atoms with van der Waals surface area (Å²) < 4.78 is 4.97. The molecule has 6 nitrogen and oxygen atoms in total. The summed E-state index contributed by atoms with van der Waals surface area (Å²) in [5, 5.41) is 3.26. The molecule has 0 saturated heterocycles. The minimum atomic E-state index is 0.0552. The van der Waals surface area contributed by atoms with E-state index in [2.05, 4.69) is 10.3 Å². The molecular weight excluding hydrogens is 256 g/mol. The van der Waals surface area contributed by atoms with E-state index in [1.54, 1.807) is 26.1 Å². The molecule has 0 atom stereocenters. The van der Waals surface area contributed by atoms with Crippen LogP contribution in [0.1, 0.15) is 5.56 Å². The van der Waals surface area contributed by atoms with Gasteiger partial charge in [-0.3, -0.25) is 4.79 Å². The van der Waals surface area contributed by atoms with Gasteiger partial charge in [-0.25, -0.2) is 4.98 Å². The summed E-state index contributed by atoms with van der Waals surface area (Å²) in [7, 11) is 7.04. The summed E-state index contributed by atoms with van der Waals surface area (Å²) in [5.74, 6) is 0.848. The van der Waals surface area contributed by atoms with Gasteiger partial charge in [-0.2, -0.15) is 0 Å². The van der Waals surface area contributed by atoms with Crippen LogP contribution in [-0.2, 0) is 16.1 Å². The lowest BCUT2D eigenvalue weighted by molar-refractivity contribution is -0.127. The van der Waals surface area contributed by atoms with Crippen molar-refractivity contribution in [3.63, 3.8) is 0 Å². The Morgan fingerprint density at radius 1 is 1.35 bits per heavy atom. The number of ether oxygens (including phenoxy) is 1. The maximum Gasteiger partial charge on any atom is 0.241 e. The average Bonchev–Trinajstić information content (AvgIpc) is 2.44. The molecule has 0 aliphatic carbocycles. The van der Waals surface area contributed by atoms with Gasteiger partial charge in [0.1, 0.15) is 5.82 Å². The molecule has 20 heavy (non-hydrogen) atoms. The van der Waals surface area contributed by atoms with Gasteiger partial charge in [0.2, 0.25) is 5.91 Å². The molecule has 0 aliphatic rings. The first-order valence-electron chi connectivity index (χ1n) is 6.60. The number of carbonyl (C=O) groups excluding carboxylic acids is 1. The topological polar surface area (TPSA) is 57.7 Å². The van der Waals surface area contributed by atoms with Crippen LogP contribution in [0.25, 0.3) is 0 Å². The largest absolute Gasteiger partial charge is 0.383 e. The van der Waals surface area contributed by atoms with Gasteiger partial charge in [-0.05, 0) is 11.6 Å². The lowest BCUT2D eigenvalue weighted by Crippen LogP contribution is -2.34. The fourth-order valence-corrected chi connectivity index (χ4v) is 1.58. The van der Waals surface area contributed by atoms with Crippen molar-refractivity contribution in [3.05, 3.63) is 23.9 Å². The Morgan fingerprint density at radius 3 is 2.65 bits per heavy atom. The SMILES string of the molecule is COCCNCc1ccc(N(C)CC(=O)N(C)C)nc1. The van der Waals surface area contributed by atoms with Gasteiger partial charge < -0.3 is 19.9 Å². The molecule has 0 saturated carbocycles. The molecule has 1 rings (SSSR count). The zero-order valence-corrected chi connectivity index (χ0v) is 12.7. The number of pyridine rings is 1. The lowest BCUT2D eigenvalue weighted by atomic mass is 10.2. The van der Waals surface area contributed by atoms with Crippen molar-refractivity contribution >= 4 is 11.7 Å². The molecule has 6 heteroatoms. The summed E-state index contributed by atoms with van der Waals surface area (Å²) in [6.45, 7) is 2.60. The highest BCUT2D eigenvalue weighted by Gasteiger charge is 2.09. The number of aromatic nitrogens is 1. The highest BCUT2D eigenvalue weighted by atomic mass is 16.5. The molecule has 0 fully saturated rings. The minimum absolute atomic E-state index is 0.0552. The van der Waals surface area contributed by atoms with Gasteiger partial charge in [-0.15, -0.1) is 0 Å². The van der Waals surface area contributed by atoms with Gasteiger partial charge in [-0.1, -0.05) is 6.07 Å². The van der Waals surface area contributed by atoms with Crippen LogP contribution in [0.5, 0.6) is 0 Å². The number of amides is 1. The number of likely N-dealkylation sites (N-methyl/N-ethyl adjacent to an activating group) is 2. The molecule has 0 aromatic carbocycles. The highest BCUT2D eigenvalue weighted by molar-refractivity contribution is 5.80. The summed E-state index contributed by atoms with van der Waals surface area (Å²) in [6.07, 6.45) is 1.83. The predicted molar refractivity (Wildman–Crippen MR) is 79.8 cm³/mol. The van der Waals surface area contributed by atoms with E-state index < -0.39 is 0 Å². The van der Waals surface area contributed by atoms with Crippen LogP contribution in [0.15, 0.2) is 18.3 Å². The van der Waals surface area contributed by atoms with Crippen molar-refractivity contribution in [2.75, 3.05) is 52.8 Å². The van der Waals surface area contributed by atoms with Crippen LogP contribution < -0.4 is 10.2 Å². The highest BCUT2D eigenvalue weighted by Crippen LogP contribution is 2.09. The van der Waals surface area contributed by atoms with Crippen LogP contribution in [0, 0.1) is 0 Å². The first kappa shape index (κ1) is 16.4. The second-order valence-electron chi connectivity index (χ2n) is 4.84. The molecule has 1 aromatic heterocycles. The van der Waals surface area contributed by atoms with Crippen LogP contribution in [0.3, 0.4) is 0 Å². The Balaban J connectivity index is 2.46. The number of hydrogen-bond acceptors (Lipinski definition) is 5. The van der Waals surface area contributed by atoms with Crippen LogP contribution in [0.2, 0.25) is 0 Å². The normalized spacial score (nSPS) is 10.4. The van der Waals surface area contributed by atoms with E-state index in [0.29, 0.717) is 13.2 Å². The maximum absolute atomic E-state index is 11.6. The standard InChI is InChI=1S/C14H24N4O2/c1-17(2)14(19)11-18(3)13-6-5-12(10-16-13)9-15-7-8-20-4/h5-6,10,15H,7-9,11H2,1-4H3. The van der Waals surface area contributed by atoms with Crippen LogP contribution >= 0.6 is 0 Å². The molecule has 1 aromatic rings. The summed E-state index contributed by atoms with van der Waals surface area (Å²) in [6, 6.07) is 3.94. The Morgan fingerprint density at radius 2 is 2.10 bits per heavy atom. The number of rotatable bonds is 8. The van der Waals surface area contributed by atoms with Crippen molar-refractivity contribution in [3.8, 4) is 0 Å². The molecule has 0 unspecified atom stereocenters. The van der Waals surface area contributed by atoms with E-state index in [0.717, 1.165) is 24.5 Å². The van der Waals surface area contributed by atoms with Crippen molar-refractivity contribution < 1.29 is 9.53 Å². The molecule has 1 amide bonds. The third-order valence-electron chi connectivity index (χ3n) is 2.88. The Labute approximate surface area is 120 Å². The lowest BCUT2D eigenvalue weighted by Gasteiger charge is -2.20. The number of methoxy groups -OCH3 is 1. The van der Waals surface area contributed by atoms with E-state index in [-0.39, 0.29) is 5.91 Å². The first-order valence-corrected chi connectivity index (χ1v) is 6.60. The van der Waals surface area contributed by atoms with E-state index in [1.165, 1.54) is 0 Å². The Bertz CT molecular complexity index is 406. The van der Waals surface area contributed by atoms with E-state index >= 15 is 0 Å². The predicted octanol–water partition coefficient (Wildman–Crippen LogP) is 0.342. The van der Waals surface area contributed by atoms with Gasteiger partial charge >= 0.3 is 0 Å². The van der Waals surface area contributed by atoms with Crippen molar-refractivity contribution in [1.82, 2.24) is 15.2 Å². The molecule has 0 aliphatic heterocycles. The van der Waals surface area contributed by atoms with Gasteiger partial charge in [0.15, 0.2) is 0 Å². The monoisotopic (exact) mass is 280 g/mol. The quantitative estimate of drug-likeness (QED) is 0.696. The van der Waals surface area contributed by atoms with Gasteiger partial charge in [0.05, 0.1) is 13.2 Å². The fourth-order valence-electron chi connectivity index (χ4n) is 1.58. The average molecular weight is 280 g/mol. The number of nitrogens with zero attached hydrogens (tertiary/aromatic N) is 3. The third kappa shape index (κ3) is 5.54. The summed E-state index contributed by atoms with van der Waals surface area (Å²) in [4.78, 5) is 19.4. The smallest absolute Gasteiger partial charge is 0.241 e. The zero-order valence-electron chi connectivity index (χ0n) is 12.7. The van der Waals surface area contributed by atoms with Crippen LogP contribution in [-0.4, -0.2) is 63.7 Å². The number of nitrogens with one attached hydrogen (secondary N) is 1. The fraction of sp³-hybridized carbons (Fsp3) is 0.571. The molecule has 1 heterocycles. The van der Waals surface area contributed by atoms with Crippen molar-refractivity contribution in [1.29, 1.82) is 0 Å². The van der Waals surface area contributed by atoms with Gasteiger partial charge in [0, 0.05) is 47.5 Å². The minimum Gasteiger partial charge on any atom is -0.383 e. The Kier molecular flexibility index (Phi) is 6.97. The molecule has 112 valence electrons. The zero-order chi connectivity index (χ0) is 15.0. The van der Waals surface area contributed by atoms with Crippen molar-refractivity contribution in [2.24, 2.45) is 0 Å². The van der Waals surface area contributed by atoms with Gasteiger partial charge in [0.25, 0.3) is 0 Å². The summed E-state index contributed by atoms with van der Waals surface area (Å²) in [5.41, 5.74) is 1.11. The van der Waals surface area contributed by atoms with E-state index in [1.807, 2.05) is 30.3 Å². The van der Waals surface area contributed by atoms with E-state index in [9.17, 15) is 4.79 Å². The summed E-state index contributed by atoms with van der Waals surface area (Å²) >= 11 is 0. The number of anilines is 1. The number of carbonyl (C=O) groups is 1. The van der Waals surface area contributed by atoms with Crippen LogP contribution in [0.4, 0.5) is 5.82 Å². The molecular formula is C14H24N4O2. The molecule has 0 bridgehead atoms. The second kappa shape index (κ2) is 8.50.